The molecule has 0 saturated heterocycles. The van der Waals surface area contributed by atoms with Crippen molar-refractivity contribution < 1.29 is 0 Å². The topological polar surface area (TPSA) is 9.86 Å². The summed E-state index contributed by atoms with van der Waals surface area (Å²) in [5.74, 6) is 0. The Hall–Kier alpha value is -6.38. The van der Waals surface area contributed by atoms with Gasteiger partial charge >= 0.3 is 0 Å². The van der Waals surface area contributed by atoms with E-state index in [0.29, 0.717) is 0 Å². The lowest BCUT2D eigenvalue weighted by Gasteiger charge is -2.13. The van der Waals surface area contributed by atoms with Gasteiger partial charge in [-0.2, -0.15) is 0 Å². The Kier molecular flexibility index (Phi) is 6.13. The Morgan fingerprint density at radius 2 is 0.816 bits per heavy atom. The first kappa shape index (κ1) is 27.7. The predicted octanol–water partition coefficient (Wildman–Crippen LogP) is 12.7. The highest BCUT2D eigenvalue weighted by Gasteiger charge is 2.16. The highest BCUT2D eigenvalue weighted by atomic mass is 15.0. The standard InChI is InChI=1S/C47H32N2/c1-31-25-37(34-20-19-32-11-5-6-12-33(32)27-34)28-39(26-31)49-45-18-10-8-16-41(45)43-30-36(22-24-47(43)49)35-21-23-46-42(29-35)40-15-7-9-17-44(40)48(46)38-13-3-2-4-14-38/h2-30H,1H3. The number of rotatable bonds is 4. The van der Waals surface area contributed by atoms with E-state index in [2.05, 4.69) is 192 Å². The Balaban J connectivity index is 1.14. The molecule has 0 radical (unpaired) electrons. The van der Waals surface area contributed by atoms with Gasteiger partial charge in [0.05, 0.1) is 22.1 Å². The van der Waals surface area contributed by atoms with Gasteiger partial charge in [0.15, 0.2) is 0 Å². The highest BCUT2D eigenvalue weighted by Crippen LogP contribution is 2.39. The van der Waals surface area contributed by atoms with Crippen LogP contribution in [0.4, 0.5) is 0 Å². The van der Waals surface area contributed by atoms with Crippen molar-refractivity contribution in [1.82, 2.24) is 9.13 Å². The van der Waals surface area contributed by atoms with Crippen LogP contribution < -0.4 is 0 Å². The maximum absolute atomic E-state index is 2.43. The number of hydrogen-bond donors (Lipinski definition) is 0. The van der Waals surface area contributed by atoms with Gasteiger partial charge in [0, 0.05) is 32.9 Å². The number of aryl methyl sites for hydroxylation is 1. The third-order valence-electron chi connectivity index (χ3n) is 10.1. The molecule has 0 unspecified atom stereocenters. The molecule has 0 N–H and O–H groups in total. The third-order valence-corrected chi connectivity index (χ3v) is 10.1. The lowest BCUT2D eigenvalue weighted by molar-refractivity contribution is 1.17. The van der Waals surface area contributed by atoms with Gasteiger partial charge < -0.3 is 9.13 Å². The van der Waals surface area contributed by atoms with Crippen LogP contribution in [-0.4, -0.2) is 9.13 Å². The van der Waals surface area contributed by atoms with E-state index in [1.807, 2.05) is 0 Å². The van der Waals surface area contributed by atoms with Gasteiger partial charge in [-0.25, -0.2) is 0 Å². The number of hydrogen-bond acceptors (Lipinski definition) is 0. The molecule has 0 atom stereocenters. The minimum Gasteiger partial charge on any atom is -0.309 e. The molecule has 10 rings (SSSR count). The average Bonchev–Trinajstić information content (AvgIpc) is 3.67. The summed E-state index contributed by atoms with van der Waals surface area (Å²) >= 11 is 0. The van der Waals surface area contributed by atoms with Gasteiger partial charge in [0.1, 0.15) is 0 Å². The fourth-order valence-electron chi connectivity index (χ4n) is 7.87. The smallest absolute Gasteiger partial charge is 0.0541 e. The molecule has 2 heteroatoms. The molecule has 0 aliphatic rings. The second-order valence-corrected chi connectivity index (χ2v) is 13.1. The van der Waals surface area contributed by atoms with Crippen molar-refractivity contribution in [3.05, 3.63) is 181 Å². The van der Waals surface area contributed by atoms with Crippen molar-refractivity contribution >= 4 is 54.4 Å². The number of benzene rings is 8. The van der Waals surface area contributed by atoms with Crippen LogP contribution in [-0.2, 0) is 0 Å². The van der Waals surface area contributed by atoms with E-state index >= 15 is 0 Å². The molecular formula is C47H32N2. The maximum atomic E-state index is 2.43. The van der Waals surface area contributed by atoms with Crippen molar-refractivity contribution in [3.63, 3.8) is 0 Å². The molecule has 0 bridgehead atoms. The Bertz CT molecular complexity index is 2890. The van der Waals surface area contributed by atoms with Crippen molar-refractivity contribution in [2.45, 2.75) is 6.92 Å². The van der Waals surface area contributed by atoms with Gasteiger partial charge in [-0.05, 0) is 112 Å². The van der Waals surface area contributed by atoms with Crippen molar-refractivity contribution in [1.29, 1.82) is 0 Å². The van der Waals surface area contributed by atoms with Crippen LogP contribution in [0, 0.1) is 6.92 Å². The van der Waals surface area contributed by atoms with E-state index in [-0.39, 0.29) is 0 Å². The number of para-hydroxylation sites is 3. The van der Waals surface area contributed by atoms with E-state index in [4.69, 9.17) is 0 Å². The number of nitrogens with zero attached hydrogens (tertiary/aromatic N) is 2. The van der Waals surface area contributed by atoms with Gasteiger partial charge in [0.25, 0.3) is 0 Å². The molecule has 0 amide bonds. The van der Waals surface area contributed by atoms with Crippen LogP contribution in [0.25, 0.3) is 88.0 Å². The van der Waals surface area contributed by atoms with Crippen LogP contribution >= 0.6 is 0 Å². The molecule has 0 spiro atoms. The van der Waals surface area contributed by atoms with E-state index in [9.17, 15) is 0 Å². The molecule has 0 fully saturated rings. The molecule has 8 aromatic carbocycles. The van der Waals surface area contributed by atoms with Crippen LogP contribution in [0.2, 0.25) is 0 Å². The average molecular weight is 625 g/mol. The summed E-state index contributed by atoms with van der Waals surface area (Å²) in [5, 5.41) is 7.57. The molecule has 2 nitrogen and oxygen atoms in total. The molecule has 230 valence electrons. The van der Waals surface area contributed by atoms with Crippen molar-refractivity contribution in [3.8, 4) is 33.6 Å². The molecule has 0 aliphatic heterocycles. The quantitative estimate of drug-likeness (QED) is 0.184. The number of fused-ring (bicyclic) bond motifs is 7. The minimum absolute atomic E-state index is 1.18. The van der Waals surface area contributed by atoms with Crippen LogP contribution in [0.3, 0.4) is 0 Å². The molecule has 0 aliphatic carbocycles. The van der Waals surface area contributed by atoms with Crippen LogP contribution in [0.5, 0.6) is 0 Å². The zero-order valence-corrected chi connectivity index (χ0v) is 27.1. The summed E-state index contributed by atoms with van der Waals surface area (Å²) in [6, 6.07) is 64.4. The Morgan fingerprint density at radius 3 is 1.49 bits per heavy atom. The molecular weight excluding hydrogens is 593 g/mol. The molecule has 49 heavy (non-hydrogen) atoms. The highest BCUT2D eigenvalue weighted by molar-refractivity contribution is 6.12. The van der Waals surface area contributed by atoms with Gasteiger partial charge in [-0.1, -0.05) is 109 Å². The van der Waals surface area contributed by atoms with E-state index in [1.165, 1.54) is 93.6 Å². The van der Waals surface area contributed by atoms with Crippen molar-refractivity contribution in [2.24, 2.45) is 0 Å². The summed E-state index contributed by atoms with van der Waals surface area (Å²) in [7, 11) is 0. The lowest BCUT2D eigenvalue weighted by atomic mass is 9.99. The monoisotopic (exact) mass is 624 g/mol. The summed E-state index contributed by atoms with van der Waals surface area (Å²) in [6.45, 7) is 2.20. The normalized spacial score (nSPS) is 11.8. The summed E-state index contributed by atoms with van der Waals surface area (Å²) in [6.07, 6.45) is 0. The van der Waals surface area contributed by atoms with Crippen molar-refractivity contribution in [2.75, 3.05) is 0 Å². The summed E-state index contributed by atoms with van der Waals surface area (Å²) in [4.78, 5) is 0. The predicted molar refractivity (Wildman–Crippen MR) is 208 cm³/mol. The largest absolute Gasteiger partial charge is 0.309 e. The molecule has 0 saturated carbocycles. The van der Waals surface area contributed by atoms with Gasteiger partial charge in [-0.3, -0.25) is 0 Å². The summed E-state index contributed by atoms with van der Waals surface area (Å²) in [5.41, 5.74) is 13.4. The first-order valence-electron chi connectivity index (χ1n) is 16.9. The zero-order valence-electron chi connectivity index (χ0n) is 27.1. The van der Waals surface area contributed by atoms with Crippen LogP contribution in [0.15, 0.2) is 176 Å². The van der Waals surface area contributed by atoms with E-state index in [1.54, 1.807) is 0 Å². The zero-order chi connectivity index (χ0) is 32.5. The number of aromatic nitrogens is 2. The van der Waals surface area contributed by atoms with Crippen LogP contribution in [0.1, 0.15) is 5.56 Å². The van der Waals surface area contributed by atoms with Gasteiger partial charge in [-0.15, -0.1) is 0 Å². The fourth-order valence-corrected chi connectivity index (χ4v) is 7.87. The lowest BCUT2D eigenvalue weighted by Crippen LogP contribution is -1.95. The van der Waals surface area contributed by atoms with E-state index < -0.39 is 0 Å². The Labute approximate surface area is 284 Å². The first-order chi connectivity index (χ1) is 24.2. The van der Waals surface area contributed by atoms with E-state index in [0.717, 1.165) is 0 Å². The first-order valence-corrected chi connectivity index (χ1v) is 16.9. The second kappa shape index (κ2) is 10.8. The molecule has 2 heterocycles. The second-order valence-electron chi connectivity index (χ2n) is 13.1. The Morgan fingerprint density at radius 1 is 0.306 bits per heavy atom. The molecule has 10 aromatic rings. The maximum Gasteiger partial charge on any atom is 0.0541 e. The SMILES string of the molecule is Cc1cc(-c2ccc3ccccc3c2)cc(-n2c3ccccc3c3cc(-c4ccc5c(c4)c4ccccc4n5-c4ccccc4)ccc32)c1. The minimum atomic E-state index is 1.18. The summed E-state index contributed by atoms with van der Waals surface area (Å²) < 4.78 is 4.81. The van der Waals surface area contributed by atoms with Gasteiger partial charge in [0.2, 0.25) is 0 Å². The molecule has 2 aromatic heterocycles. The third kappa shape index (κ3) is 4.42. The fraction of sp³-hybridized carbons (Fsp3) is 0.0213.